The zero-order chi connectivity index (χ0) is 22.5. The molecule has 176 valence electrons. The number of hydrogen-bond acceptors (Lipinski definition) is 2. The number of carbonyl (C=O) groups excluding carboxylic acids is 2. The minimum atomic E-state index is -0.0589. The lowest BCUT2D eigenvalue weighted by Gasteiger charge is -2.30. The van der Waals surface area contributed by atoms with Crippen molar-refractivity contribution < 1.29 is 9.59 Å². The first kappa shape index (κ1) is 26.6. The average Bonchev–Trinajstić information content (AvgIpc) is 2.62. The zero-order valence-corrected chi connectivity index (χ0v) is 20.4. The standard InChI is InChI=1S/C24H48N4O2/c1-17(2)9-7-11-19(5)25-23(29)27-21-13-15-22(16-14-21)28-24(30)26-20(6)12-8-10-18(3)4/h17-22H,7-16H2,1-6H3,(H2,25,27,29)(H2,26,28,30). The lowest BCUT2D eigenvalue weighted by molar-refractivity contribution is 0.217. The van der Waals surface area contributed by atoms with Gasteiger partial charge in [0, 0.05) is 24.2 Å². The van der Waals surface area contributed by atoms with Crippen LogP contribution in [0.1, 0.15) is 106 Å². The summed E-state index contributed by atoms with van der Waals surface area (Å²) in [5.74, 6) is 1.43. The van der Waals surface area contributed by atoms with Gasteiger partial charge in [-0.1, -0.05) is 53.4 Å². The van der Waals surface area contributed by atoms with Gasteiger partial charge in [0.25, 0.3) is 0 Å². The molecule has 4 N–H and O–H groups in total. The highest BCUT2D eigenvalue weighted by molar-refractivity contribution is 5.75. The third-order valence-electron chi connectivity index (χ3n) is 5.99. The first-order valence-electron chi connectivity index (χ1n) is 12.3. The van der Waals surface area contributed by atoms with Crippen LogP contribution in [0.5, 0.6) is 0 Å². The Balaban J connectivity index is 2.17. The Kier molecular flexibility index (Phi) is 12.9. The largest absolute Gasteiger partial charge is 0.336 e. The molecule has 1 fully saturated rings. The summed E-state index contributed by atoms with van der Waals surface area (Å²) in [6.07, 6.45) is 10.4. The van der Waals surface area contributed by atoms with Crippen LogP contribution in [-0.4, -0.2) is 36.2 Å². The van der Waals surface area contributed by atoms with E-state index < -0.39 is 0 Å². The van der Waals surface area contributed by atoms with Gasteiger partial charge in [0.2, 0.25) is 0 Å². The summed E-state index contributed by atoms with van der Waals surface area (Å²) in [7, 11) is 0. The molecule has 6 nitrogen and oxygen atoms in total. The van der Waals surface area contributed by atoms with E-state index in [4.69, 9.17) is 0 Å². The quantitative estimate of drug-likeness (QED) is 0.342. The van der Waals surface area contributed by atoms with E-state index in [0.717, 1.165) is 51.4 Å². The molecule has 0 aliphatic heterocycles. The molecule has 1 aliphatic rings. The van der Waals surface area contributed by atoms with Crippen molar-refractivity contribution in [3.05, 3.63) is 0 Å². The molecule has 0 saturated heterocycles. The average molecular weight is 425 g/mol. The fourth-order valence-corrected chi connectivity index (χ4v) is 4.09. The van der Waals surface area contributed by atoms with Crippen molar-refractivity contribution in [3.8, 4) is 0 Å². The Labute approximate surface area is 185 Å². The molecule has 0 aromatic heterocycles. The summed E-state index contributed by atoms with van der Waals surface area (Å²) in [5, 5.41) is 12.3. The smallest absolute Gasteiger partial charge is 0.315 e. The zero-order valence-electron chi connectivity index (χ0n) is 20.4. The van der Waals surface area contributed by atoms with E-state index in [2.05, 4.69) is 62.8 Å². The summed E-state index contributed by atoms with van der Waals surface area (Å²) < 4.78 is 0. The molecular weight excluding hydrogens is 376 g/mol. The molecule has 4 amide bonds. The topological polar surface area (TPSA) is 82.3 Å². The van der Waals surface area contributed by atoms with Crippen LogP contribution in [0.2, 0.25) is 0 Å². The Morgan fingerprint density at radius 3 is 1.27 bits per heavy atom. The molecule has 0 aromatic carbocycles. The molecule has 0 radical (unpaired) electrons. The third-order valence-corrected chi connectivity index (χ3v) is 5.99. The van der Waals surface area contributed by atoms with Crippen LogP contribution in [0, 0.1) is 11.8 Å². The van der Waals surface area contributed by atoms with Crippen molar-refractivity contribution in [2.75, 3.05) is 0 Å². The van der Waals surface area contributed by atoms with Crippen LogP contribution in [0.15, 0.2) is 0 Å². The number of rotatable bonds is 12. The normalized spacial score (nSPS) is 21.2. The fraction of sp³-hybridized carbons (Fsp3) is 0.917. The minimum absolute atomic E-state index is 0.0589. The maximum atomic E-state index is 12.2. The van der Waals surface area contributed by atoms with Crippen LogP contribution >= 0.6 is 0 Å². The third kappa shape index (κ3) is 13.0. The molecule has 0 heterocycles. The lowest BCUT2D eigenvalue weighted by atomic mass is 9.91. The van der Waals surface area contributed by atoms with Crippen LogP contribution in [0.3, 0.4) is 0 Å². The van der Waals surface area contributed by atoms with E-state index in [-0.39, 0.29) is 36.2 Å². The fourth-order valence-electron chi connectivity index (χ4n) is 4.09. The first-order chi connectivity index (χ1) is 14.2. The molecule has 0 aromatic rings. The number of hydrogen-bond donors (Lipinski definition) is 4. The maximum absolute atomic E-state index is 12.2. The van der Waals surface area contributed by atoms with Gasteiger partial charge in [-0.2, -0.15) is 0 Å². The summed E-state index contributed by atoms with van der Waals surface area (Å²) in [6.45, 7) is 13.1. The van der Waals surface area contributed by atoms with Crippen molar-refractivity contribution in [2.45, 2.75) is 130 Å². The van der Waals surface area contributed by atoms with Crippen molar-refractivity contribution in [2.24, 2.45) is 11.8 Å². The Morgan fingerprint density at radius 2 is 0.967 bits per heavy atom. The highest BCUT2D eigenvalue weighted by Gasteiger charge is 2.24. The van der Waals surface area contributed by atoms with E-state index in [0.29, 0.717) is 11.8 Å². The van der Waals surface area contributed by atoms with Crippen LogP contribution in [-0.2, 0) is 0 Å². The number of urea groups is 2. The first-order valence-corrected chi connectivity index (χ1v) is 12.3. The molecule has 0 spiro atoms. The summed E-state index contributed by atoms with van der Waals surface area (Å²) >= 11 is 0. The van der Waals surface area contributed by atoms with Crippen LogP contribution in [0.25, 0.3) is 0 Å². The van der Waals surface area contributed by atoms with E-state index >= 15 is 0 Å². The Hall–Kier alpha value is -1.46. The molecule has 2 atom stereocenters. The van der Waals surface area contributed by atoms with E-state index in [1.807, 2.05) is 0 Å². The van der Waals surface area contributed by atoms with Gasteiger partial charge in [0.1, 0.15) is 0 Å². The summed E-state index contributed by atoms with van der Waals surface area (Å²) in [5.41, 5.74) is 0. The molecule has 1 rings (SSSR count). The lowest BCUT2D eigenvalue weighted by Crippen LogP contribution is -2.50. The predicted molar refractivity (Wildman–Crippen MR) is 126 cm³/mol. The Morgan fingerprint density at radius 1 is 0.633 bits per heavy atom. The van der Waals surface area contributed by atoms with Gasteiger partial charge in [0.15, 0.2) is 0 Å². The highest BCUT2D eigenvalue weighted by atomic mass is 16.2. The van der Waals surface area contributed by atoms with Crippen molar-refractivity contribution in [1.82, 2.24) is 21.3 Å². The molecule has 6 heteroatoms. The maximum Gasteiger partial charge on any atom is 0.315 e. The second-order valence-corrected chi connectivity index (χ2v) is 10.2. The van der Waals surface area contributed by atoms with Gasteiger partial charge >= 0.3 is 12.1 Å². The van der Waals surface area contributed by atoms with Crippen LogP contribution in [0.4, 0.5) is 9.59 Å². The van der Waals surface area contributed by atoms with Crippen molar-refractivity contribution in [3.63, 3.8) is 0 Å². The molecule has 2 unspecified atom stereocenters. The molecule has 1 aliphatic carbocycles. The van der Waals surface area contributed by atoms with Gasteiger partial charge in [-0.3, -0.25) is 0 Å². The molecule has 1 saturated carbocycles. The number of nitrogens with one attached hydrogen (secondary N) is 4. The van der Waals surface area contributed by atoms with Gasteiger partial charge < -0.3 is 21.3 Å². The van der Waals surface area contributed by atoms with Gasteiger partial charge in [-0.25, -0.2) is 9.59 Å². The molecular formula is C24H48N4O2. The second kappa shape index (κ2) is 14.5. The number of carbonyl (C=O) groups is 2. The van der Waals surface area contributed by atoms with Gasteiger partial charge in [-0.05, 0) is 64.2 Å². The van der Waals surface area contributed by atoms with E-state index in [9.17, 15) is 9.59 Å². The SMILES string of the molecule is CC(C)CCCC(C)NC(=O)NC1CCC(NC(=O)NC(C)CCCC(C)C)CC1. The highest BCUT2D eigenvalue weighted by Crippen LogP contribution is 2.19. The molecule has 0 bridgehead atoms. The van der Waals surface area contributed by atoms with Gasteiger partial charge in [-0.15, -0.1) is 0 Å². The monoisotopic (exact) mass is 424 g/mol. The van der Waals surface area contributed by atoms with E-state index in [1.165, 1.54) is 12.8 Å². The van der Waals surface area contributed by atoms with Crippen LogP contribution < -0.4 is 21.3 Å². The summed E-state index contributed by atoms with van der Waals surface area (Å²) in [6, 6.07) is 0.682. The predicted octanol–water partition coefficient (Wildman–Crippen LogP) is 5.33. The van der Waals surface area contributed by atoms with Gasteiger partial charge in [0.05, 0.1) is 0 Å². The molecule has 30 heavy (non-hydrogen) atoms. The van der Waals surface area contributed by atoms with Crippen molar-refractivity contribution in [1.29, 1.82) is 0 Å². The van der Waals surface area contributed by atoms with Crippen molar-refractivity contribution >= 4 is 12.1 Å². The number of amides is 4. The summed E-state index contributed by atoms with van der Waals surface area (Å²) in [4.78, 5) is 24.5. The second-order valence-electron chi connectivity index (χ2n) is 10.2. The van der Waals surface area contributed by atoms with E-state index in [1.54, 1.807) is 0 Å². The Bertz CT molecular complexity index is 444. The minimum Gasteiger partial charge on any atom is -0.336 e.